The van der Waals surface area contributed by atoms with Gasteiger partial charge >= 0.3 is 5.97 Å². The molecule has 6 nitrogen and oxygen atoms in total. The molecule has 1 heterocycles. The van der Waals surface area contributed by atoms with Crippen molar-refractivity contribution in [3.63, 3.8) is 0 Å². The molecule has 3 N–H and O–H groups in total. The van der Waals surface area contributed by atoms with E-state index in [4.69, 9.17) is 5.11 Å². The average molecular weight is 340 g/mol. The van der Waals surface area contributed by atoms with Crippen molar-refractivity contribution in [2.24, 2.45) is 0 Å². The summed E-state index contributed by atoms with van der Waals surface area (Å²) < 4.78 is 0. The molecule has 2 aromatic rings. The molecule has 2 aromatic carbocycles. The molecule has 0 aliphatic carbocycles. The summed E-state index contributed by atoms with van der Waals surface area (Å²) in [7, 11) is 0. The highest BCUT2D eigenvalue weighted by Crippen LogP contribution is 2.23. The first-order chi connectivity index (χ1) is 12.0. The van der Waals surface area contributed by atoms with E-state index in [1.165, 1.54) is 29.3 Å². The number of amides is 1. The predicted molar refractivity (Wildman–Crippen MR) is 93.7 cm³/mol. The van der Waals surface area contributed by atoms with Gasteiger partial charge in [0.25, 0.3) is 0 Å². The lowest BCUT2D eigenvalue weighted by Crippen LogP contribution is -2.44. The molecule has 0 bridgehead atoms. The number of carbonyl (C=O) groups is 2. The molecule has 1 aliphatic heterocycles. The fourth-order valence-electron chi connectivity index (χ4n) is 3.05. The summed E-state index contributed by atoms with van der Waals surface area (Å²) in [5, 5.41) is 21.3. The first-order valence-electron chi connectivity index (χ1n) is 8.13. The minimum atomic E-state index is -1.24. The van der Waals surface area contributed by atoms with Crippen LogP contribution in [-0.2, 0) is 17.8 Å². The molecule has 6 heteroatoms. The number of aromatic hydroxyl groups is 1. The van der Waals surface area contributed by atoms with Crippen LogP contribution < -0.4 is 5.32 Å². The van der Waals surface area contributed by atoms with E-state index in [1.807, 2.05) is 19.1 Å². The largest absolute Gasteiger partial charge is 0.507 e. The summed E-state index contributed by atoms with van der Waals surface area (Å²) in [4.78, 5) is 25.7. The first-order valence-corrected chi connectivity index (χ1v) is 8.13. The van der Waals surface area contributed by atoms with E-state index in [9.17, 15) is 14.7 Å². The summed E-state index contributed by atoms with van der Waals surface area (Å²) in [6.45, 7) is 3.34. The van der Waals surface area contributed by atoms with E-state index in [1.54, 1.807) is 0 Å². The summed E-state index contributed by atoms with van der Waals surface area (Å²) in [5.74, 6) is -1.78. The van der Waals surface area contributed by atoms with E-state index in [2.05, 4.69) is 22.3 Å². The number of phenols is 1. The Morgan fingerprint density at radius 2 is 1.88 bits per heavy atom. The second-order valence-electron chi connectivity index (χ2n) is 6.19. The van der Waals surface area contributed by atoms with Crippen molar-refractivity contribution in [1.29, 1.82) is 0 Å². The maximum Gasteiger partial charge on any atom is 0.339 e. The molecule has 3 rings (SSSR count). The van der Waals surface area contributed by atoms with Gasteiger partial charge < -0.3 is 15.5 Å². The lowest BCUT2D eigenvalue weighted by molar-refractivity contribution is -0.121. The van der Waals surface area contributed by atoms with Crippen LogP contribution in [0.5, 0.6) is 5.75 Å². The Labute approximate surface area is 145 Å². The standard InChI is InChI=1S/C19H20N2O4/c1-12(21-9-8-13-4-2-3-5-14(13)11-21)18(23)20-15-6-7-17(22)16(10-15)19(24)25/h2-7,10,12,22H,8-9,11H2,1H3,(H,20,23)(H,24,25). The van der Waals surface area contributed by atoms with Gasteiger partial charge in [-0.05, 0) is 42.7 Å². The van der Waals surface area contributed by atoms with Gasteiger partial charge in [-0.15, -0.1) is 0 Å². The quantitative estimate of drug-likeness (QED) is 0.744. The van der Waals surface area contributed by atoms with E-state index in [0.29, 0.717) is 12.2 Å². The van der Waals surface area contributed by atoms with E-state index in [-0.39, 0.29) is 23.3 Å². The molecule has 1 atom stereocenters. The summed E-state index contributed by atoms with van der Waals surface area (Å²) in [6, 6.07) is 11.9. The Hall–Kier alpha value is -2.86. The number of rotatable bonds is 4. The third kappa shape index (κ3) is 3.64. The van der Waals surface area contributed by atoms with Gasteiger partial charge in [0.1, 0.15) is 11.3 Å². The molecule has 1 unspecified atom stereocenters. The zero-order valence-electron chi connectivity index (χ0n) is 13.9. The highest BCUT2D eigenvalue weighted by Gasteiger charge is 2.25. The van der Waals surface area contributed by atoms with Crippen LogP contribution in [0.1, 0.15) is 28.4 Å². The fourth-order valence-corrected chi connectivity index (χ4v) is 3.05. The topological polar surface area (TPSA) is 89.9 Å². The zero-order valence-corrected chi connectivity index (χ0v) is 13.9. The van der Waals surface area contributed by atoms with E-state index >= 15 is 0 Å². The minimum Gasteiger partial charge on any atom is -0.507 e. The Kier molecular flexibility index (Phi) is 4.72. The van der Waals surface area contributed by atoms with Gasteiger partial charge in [-0.25, -0.2) is 4.79 Å². The number of aromatic carboxylic acids is 1. The van der Waals surface area contributed by atoms with Crippen LogP contribution in [0.25, 0.3) is 0 Å². The number of hydrogen-bond donors (Lipinski definition) is 3. The van der Waals surface area contributed by atoms with Crippen molar-refractivity contribution in [2.45, 2.75) is 25.9 Å². The van der Waals surface area contributed by atoms with E-state index < -0.39 is 5.97 Å². The normalized spacial score (nSPS) is 15.2. The molecule has 0 aromatic heterocycles. The Morgan fingerprint density at radius 1 is 1.16 bits per heavy atom. The molecule has 1 aliphatic rings. The molecule has 0 saturated carbocycles. The van der Waals surface area contributed by atoms with Crippen molar-refractivity contribution < 1.29 is 19.8 Å². The van der Waals surface area contributed by atoms with Gasteiger partial charge in [0.2, 0.25) is 5.91 Å². The number of carbonyl (C=O) groups excluding carboxylic acids is 1. The Bertz CT molecular complexity index is 819. The van der Waals surface area contributed by atoms with Crippen LogP contribution in [0.4, 0.5) is 5.69 Å². The molecule has 0 radical (unpaired) electrons. The van der Waals surface area contributed by atoms with Gasteiger partial charge in [0.05, 0.1) is 6.04 Å². The third-order valence-electron chi connectivity index (χ3n) is 4.58. The molecule has 0 saturated heterocycles. The minimum absolute atomic E-state index is 0.207. The molecule has 0 spiro atoms. The van der Waals surface area contributed by atoms with Crippen LogP contribution in [0.15, 0.2) is 42.5 Å². The van der Waals surface area contributed by atoms with Crippen LogP contribution in [0, 0.1) is 0 Å². The highest BCUT2D eigenvalue weighted by atomic mass is 16.4. The molecule has 0 fully saturated rings. The smallest absolute Gasteiger partial charge is 0.339 e. The second-order valence-corrected chi connectivity index (χ2v) is 6.19. The van der Waals surface area contributed by atoms with E-state index in [0.717, 1.165) is 13.0 Å². The van der Waals surface area contributed by atoms with Crippen LogP contribution in [0.3, 0.4) is 0 Å². The number of benzene rings is 2. The van der Waals surface area contributed by atoms with Crippen LogP contribution >= 0.6 is 0 Å². The molecular formula is C19H20N2O4. The van der Waals surface area contributed by atoms with Gasteiger partial charge in [-0.2, -0.15) is 0 Å². The number of carboxylic acids is 1. The number of hydrogen-bond acceptors (Lipinski definition) is 4. The van der Waals surface area contributed by atoms with Crippen molar-refractivity contribution in [3.05, 3.63) is 59.2 Å². The lowest BCUT2D eigenvalue weighted by Gasteiger charge is -2.32. The summed E-state index contributed by atoms with van der Waals surface area (Å²) in [5.41, 5.74) is 2.66. The molecule has 1 amide bonds. The monoisotopic (exact) mass is 340 g/mol. The van der Waals surface area contributed by atoms with Crippen LogP contribution in [-0.4, -0.2) is 39.6 Å². The van der Waals surface area contributed by atoms with Crippen molar-refractivity contribution >= 4 is 17.6 Å². The Morgan fingerprint density at radius 3 is 2.60 bits per heavy atom. The number of nitrogens with zero attached hydrogens (tertiary/aromatic N) is 1. The maximum atomic E-state index is 12.5. The molecule has 130 valence electrons. The summed E-state index contributed by atoms with van der Waals surface area (Å²) >= 11 is 0. The zero-order chi connectivity index (χ0) is 18.0. The number of nitrogens with one attached hydrogen (secondary N) is 1. The molecule has 25 heavy (non-hydrogen) atoms. The van der Waals surface area contributed by atoms with Gasteiger partial charge in [0.15, 0.2) is 0 Å². The third-order valence-corrected chi connectivity index (χ3v) is 4.58. The SMILES string of the molecule is CC(C(=O)Nc1ccc(O)c(C(=O)O)c1)N1CCc2ccccc2C1. The first kappa shape index (κ1) is 17.0. The Balaban J connectivity index is 1.69. The number of anilines is 1. The predicted octanol–water partition coefficient (Wildman–Crippen LogP) is 2.48. The van der Waals surface area contributed by atoms with Gasteiger partial charge in [0, 0.05) is 18.8 Å². The van der Waals surface area contributed by atoms with Gasteiger partial charge in [-0.1, -0.05) is 24.3 Å². The van der Waals surface area contributed by atoms with Crippen molar-refractivity contribution in [2.75, 3.05) is 11.9 Å². The second kappa shape index (κ2) is 6.94. The number of fused-ring (bicyclic) bond motifs is 1. The average Bonchev–Trinajstić information content (AvgIpc) is 2.62. The number of carboxylic acid groups (broad SMARTS) is 1. The van der Waals surface area contributed by atoms with Gasteiger partial charge in [-0.3, -0.25) is 9.69 Å². The van der Waals surface area contributed by atoms with Crippen LogP contribution in [0.2, 0.25) is 0 Å². The highest BCUT2D eigenvalue weighted by molar-refractivity contribution is 5.97. The summed E-state index contributed by atoms with van der Waals surface area (Å²) in [6.07, 6.45) is 0.899. The fraction of sp³-hybridized carbons (Fsp3) is 0.263. The maximum absolute atomic E-state index is 12.5. The van der Waals surface area contributed by atoms with Crippen molar-refractivity contribution in [1.82, 2.24) is 4.90 Å². The lowest BCUT2D eigenvalue weighted by atomic mass is 9.99. The van der Waals surface area contributed by atoms with Crippen molar-refractivity contribution in [3.8, 4) is 5.75 Å². The molecular weight excluding hydrogens is 320 g/mol.